The van der Waals surface area contributed by atoms with Crippen LogP contribution in [-0.4, -0.2) is 25.2 Å². The molecule has 1 aliphatic heterocycles. The highest BCUT2D eigenvalue weighted by Crippen LogP contribution is 2.33. The molecule has 0 aromatic heterocycles. The van der Waals surface area contributed by atoms with E-state index >= 15 is 0 Å². The summed E-state index contributed by atoms with van der Waals surface area (Å²) in [6, 6.07) is 5.74. The summed E-state index contributed by atoms with van der Waals surface area (Å²) < 4.78 is 11.0. The van der Waals surface area contributed by atoms with Crippen molar-refractivity contribution in [3.8, 4) is 11.5 Å². The first-order valence-electron chi connectivity index (χ1n) is 7.13. The van der Waals surface area contributed by atoms with Crippen LogP contribution in [0.1, 0.15) is 24.8 Å². The van der Waals surface area contributed by atoms with Crippen LogP contribution in [0.2, 0.25) is 0 Å². The Balaban J connectivity index is 1.51. The zero-order valence-corrected chi connectivity index (χ0v) is 11.4. The van der Waals surface area contributed by atoms with Crippen molar-refractivity contribution in [1.82, 2.24) is 5.32 Å². The van der Waals surface area contributed by atoms with Crippen LogP contribution in [0.15, 0.2) is 18.2 Å². The summed E-state index contributed by atoms with van der Waals surface area (Å²) in [5.41, 5.74) is 6.95. The number of nitrogens with one attached hydrogen (secondary N) is 1. The molecule has 5 nitrogen and oxygen atoms in total. The Bertz CT molecular complexity index is 500. The minimum Gasteiger partial charge on any atom is -0.486 e. The summed E-state index contributed by atoms with van der Waals surface area (Å²) in [4.78, 5) is 11.8. The van der Waals surface area contributed by atoms with Gasteiger partial charge in [0.2, 0.25) is 5.91 Å². The second-order valence-electron chi connectivity index (χ2n) is 5.46. The SMILES string of the molecule is NC(CC(=O)NCc1ccc2c(c1)OCCO2)C1CC1. The summed E-state index contributed by atoms with van der Waals surface area (Å²) in [6.07, 6.45) is 2.74. The predicted molar refractivity (Wildman–Crippen MR) is 74.6 cm³/mol. The number of fused-ring (bicyclic) bond motifs is 1. The summed E-state index contributed by atoms with van der Waals surface area (Å²) in [7, 11) is 0. The minimum absolute atomic E-state index is 0.00951. The van der Waals surface area contributed by atoms with E-state index in [9.17, 15) is 4.79 Å². The van der Waals surface area contributed by atoms with Gasteiger partial charge >= 0.3 is 0 Å². The lowest BCUT2D eigenvalue weighted by molar-refractivity contribution is -0.121. The van der Waals surface area contributed by atoms with Crippen molar-refractivity contribution in [3.05, 3.63) is 23.8 Å². The Labute approximate surface area is 118 Å². The van der Waals surface area contributed by atoms with Crippen LogP contribution in [0.4, 0.5) is 0 Å². The molecule has 0 spiro atoms. The van der Waals surface area contributed by atoms with Crippen molar-refractivity contribution in [1.29, 1.82) is 0 Å². The number of nitrogens with two attached hydrogens (primary N) is 1. The molecule has 1 aromatic carbocycles. The van der Waals surface area contributed by atoms with Crippen LogP contribution in [0.25, 0.3) is 0 Å². The van der Waals surface area contributed by atoms with Crippen LogP contribution in [0.3, 0.4) is 0 Å². The third-order valence-corrected chi connectivity index (χ3v) is 3.74. The highest BCUT2D eigenvalue weighted by Gasteiger charge is 2.29. The van der Waals surface area contributed by atoms with E-state index in [0.29, 0.717) is 32.1 Å². The number of carbonyl (C=O) groups is 1. The lowest BCUT2D eigenvalue weighted by Crippen LogP contribution is -2.32. The van der Waals surface area contributed by atoms with Crippen molar-refractivity contribution >= 4 is 5.91 Å². The fraction of sp³-hybridized carbons (Fsp3) is 0.533. The van der Waals surface area contributed by atoms with E-state index in [1.807, 2.05) is 18.2 Å². The topological polar surface area (TPSA) is 73.6 Å². The molecule has 1 amide bonds. The normalized spacial score (nSPS) is 18.4. The van der Waals surface area contributed by atoms with Gasteiger partial charge in [-0.2, -0.15) is 0 Å². The lowest BCUT2D eigenvalue weighted by Gasteiger charge is -2.19. The van der Waals surface area contributed by atoms with Gasteiger partial charge in [0.05, 0.1) is 0 Å². The van der Waals surface area contributed by atoms with Crippen molar-refractivity contribution in [2.24, 2.45) is 11.7 Å². The summed E-state index contributed by atoms with van der Waals surface area (Å²) in [6.45, 7) is 1.65. The highest BCUT2D eigenvalue weighted by atomic mass is 16.6. The van der Waals surface area contributed by atoms with Gasteiger partial charge in [0.1, 0.15) is 13.2 Å². The van der Waals surface area contributed by atoms with Gasteiger partial charge in [-0.15, -0.1) is 0 Å². The number of amides is 1. The second kappa shape index (κ2) is 5.71. The van der Waals surface area contributed by atoms with Crippen molar-refractivity contribution in [3.63, 3.8) is 0 Å². The third-order valence-electron chi connectivity index (χ3n) is 3.74. The first kappa shape index (κ1) is 13.2. The Morgan fingerprint density at radius 1 is 1.30 bits per heavy atom. The number of hydrogen-bond donors (Lipinski definition) is 2. The zero-order valence-electron chi connectivity index (χ0n) is 11.4. The van der Waals surface area contributed by atoms with Gasteiger partial charge in [0, 0.05) is 19.0 Å². The maximum Gasteiger partial charge on any atom is 0.221 e. The van der Waals surface area contributed by atoms with Crippen LogP contribution < -0.4 is 20.5 Å². The van der Waals surface area contributed by atoms with E-state index in [0.717, 1.165) is 29.9 Å². The van der Waals surface area contributed by atoms with Gasteiger partial charge in [-0.05, 0) is 36.5 Å². The standard InChI is InChI=1S/C15H20N2O3/c16-12(11-2-3-11)8-15(18)17-9-10-1-4-13-14(7-10)20-6-5-19-13/h1,4,7,11-12H,2-3,5-6,8-9,16H2,(H,17,18). The molecule has 1 heterocycles. The fourth-order valence-electron chi connectivity index (χ4n) is 2.38. The molecule has 0 bridgehead atoms. The zero-order chi connectivity index (χ0) is 13.9. The van der Waals surface area contributed by atoms with Crippen LogP contribution in [0, 0.1) is 5.92 Å². The largest absolute Gasteiger partial charge is 0.486 e. The highest BCUT2D eigenvalue weighted by molar-refractivity contribution is 5.76. The van der Waals surface area contributed by atoms with Gasteiger partial charge in [0.15, 0.2) is 11.5 Å². The molecular weight excluding hydrogens is 256 g/mol. The summed E-state index contributed by atoms with van der Waals surface area (Å²) >= 11 is 0. The second-order valence-corrected chi connectivity index (χ2v) is 5.46. The Hall–Kier alpha value is -1.75. The minimum atomic E-state index is 0.00951. The number of ether oxygens (including phenoxy) is 2. The molecule has 1 aromatic rings. The molecule has 0 saturated heterocycles. The van der Waals surface area contributed by atoms with Gasteiger partial charge in [0.25, 0.3) is 0 Å². The first-order chi connectivity index (χ1) is 9.72. The molecule has 3 N–H and O–H groups in total. The summed E-state index contributed by atoms with van der Waals surface area (Å²) in [5, 5.41) is 2.90. The molecule has 5 heteroatoms. The van der Waals surface area contributed by atoms with Gasteiger partial charge < -0.3 is 20.5 Å². The molecule has 1 saturated carbocycles. The van der Waals surface area contributed by atoms with E-state index in [1.54, 1.807) is 0 Å². The van der Waals surface area contributed by atoms with Gasteiger partial charge in [-0.3, -0.25) is 4.79 Å². The average Bonchev–Trinajstić information content (AvgIpc) is 3.29. The molecule has 108 valence electrons. The Kier molecular flexibility index (Phi) is 3.78. The molecule has 1 fully saturated rings. The lowest BCUT2D eigenvalue weighted by atomic mass is 10.1. The van der Waals surface area contributed by atoms with Crippen molar-refractivity contribution in [2.45, 2.75) is 31.8 Å². The molecule has 1 unspecified atom stereocenters. The molecule has 1 atom stereocenters. The van der Waals surface area contributed by atoms with Crippen molar-refractivity contribution in [2.75, 3.05) is 13.2 Å². The van der Waals surface area contributed by atoms with Crippen LogP contribution in [0.5, 0.6) is 11.5 Å². The van der Waals surface area contributed by atoms with E-state index in [-0.39, 0.29) is 11.9 Å². The van der Waals surface area contributed by atoms with Crippen molar-refractivity contribution < 1.29 is 14.3 Å². The first-order valence-corrected chi connectivity index (χ1v) is 7.13. The smallest absolute Gasteiger partial charge is 0.221 e. The molecular formula is C15H20N2O3. The number of carbonyl (C=O) groups excluding carboxylic acids is 1. The van der Waals surface area contributed by atoms with Gasteiger partial charge in [-0.1, -0.05) is 6.07 Å². The fourth-order valence-corrected chi connectivity index (χ4v) is 2.38. The quantitative estimate of drug-likeness (QED) is 0.847. The molecule has 20 heavy (non-hydrogen) atoms. The number of rotatable bonds is 5. The molecule has 3 rings (SSSR count). The third kappa shape index (κ3) is 3.22. The number of hydrogen-bond acceptors (Lipinski definition) is 4. The maximum atomic E-state index is 11.8. The Morgan fingerprint density at radius 3 is 2.80 bits per heavy atom. The van der Waals surface area contributed by atoms with Gasteiger partial charge in [-0.25, -0.2) is 0 Å². The Morgan fingerprint density at radius 2 is 2.05 bits per heavy atom. The predicted octanol–water partition coefficient (Wildman–Crippen LogP) is 1.20. The molecule has 0 radical (unpaired) electrons. The van der Waals surface area contributed by atoms with E-state index in [2.05, 4.69) is 5.32 Å². The van der Waals surface area contributed by atoms with Crippen LogP contribution in [-0.2, 0) is 11.3 Å². The van der Waals surface area contributed by atoms with E-state index in [1.165, 1.54) is 0 Å². The molecule has 2 aliphatic rings. The number of benzene rings is 1. The maximum absolute atomic E-state index is 11.8. The van der Waals surface area contributed by atoms with E-state index in [4.69, 9.17) is 15.2 Å². The molecule has 1 aliphatic carbocycles. The monoisotopic (exact) mass is 276 g/mol. The van der Waals surface area contributed by atoms with Crippen LogP contribution >= 0.6 is 0 Å². The average molecular weight is 276 g/mol. The van der Waals surface area contributed by atoms with E-state index < -0.39 is 0 Å². The summed E-state index contributed by atoms with van der Waals surface area (Å²) in [5.74, 6) is 2.08.